The van der Waals surface area contributed by atoms with Crippen LogP contribution in [0.25, 0.3) is 5.69 Å². The highest BCUT2D eigenvalue weighted by atomic mass is 32.2. The maximum Gasteiger partial charge on any atom is 0.233 e. The predicted molar refractivity (Wildman–Crippen MR) is 80.1 cm³/mol. The molecule has 1 aliphatic heterocycles. The largest absolute Gasteiger partial charge is 0.355 e. The molecule has 0 saturated carbocycles. The summed E-state index contributed by atoms with van der Waals surface area (Å²) in [5, 5.41) is 3.80. The predicted octanol–water partition coefficient (Wildman–Crippen LogP) is 2.63. The first kappa shape index (κ1) is 13.2. The van der Waals surface area contributed by atoms with Crippen molar-refractivity contribution in [1.29, 1.82) is 0 Å². The van der Waals surface area contributed by atoms with Gasteiger partial charge >= 0.3 is 0 Å². The van der Waals surface area contributed by atoms with Gasteiger partial charge in [-0.25, -0.2) is 4.98 Å². The first-order chi connectivity index (χ1) is 9.84. The number of thioether (sulfide) groups is 1. The molecule has 5 heteroatoms. The summed E-state index contributed by atoms with van der Waals surface area (Å²) in [5.74, 6) is 0.134. The van der Waals surface area contributed by atoms with Gasteiger partial charge in [-0.15, -0.1) is 0 Å². The van der Waals surface area contributed by atoms with Gasteiger partial charge in [0.1, 0.15) is 0 Å². The number of hydrogen-bond acceptors (Lipinski definition) is 3. The summed E-state index contributed by atoms with van der Waals surface area (Å²) in [6.45, 7) is 0.795. The van der Waals surface area contributed by atoms with E-state index in [1.807, 2.05) is 41.1 Å². The second-order valence-electron chi connectivity index (χ2n) is 4.81. The van der Waals surface area contributed by atoms with Crippen LogP contribution in [0, 0.1) is 0 Å². The average molecular weight is 287 g/mol. The normalized spacial score (nSPS) is 19.4. The summed E-state index contributed by atoms with van der Waals surface area (Å²) in [6, 6.07) is 10.1. The molecule has 1 atom stereocenters. The monoisotopic (exact) mass is 287 g/mol. The maximum absolute atomic E-state index is 12.0. The van der Waals surface area contributed by atoms with Gasteiger partial charge in [0.2, 0.25) is 5.91 Å². The van der Waals surface area contributed by atoms with Crippen LogP contribution in [0.4, 0.5) is 0 Å². The zero-order valence-electron chi connectivity index (χ0n) is 11.2. The topological polar surface area (TPSA) is 46.9 Å². The minimum atomic E-state index is -0.0395. The number of amides is 1. The lowest BCUT2D eigenvalue weighted by atomic mass is 10.2. The lowest BCUT2D eigenvalue weighted by Gasteiger charge is -2.13. The van der Waals surface area contributed by atoms with Gasteiger partial charge in [-0.3, -0.25) is 9.36 Å². The first-order valence-electron chi connectivity index (χ1n) is 6.88. The van der Waals surface area contributed by atoms with Gasteiger partial charge in [-0.2, -0.15) is 0 Å². The number of rotatable bonds is 3. The molecule has 1 aliphatic rings. The summed E-state index contributed by atoms with van der Waals surface area (Å²) < 4.78 is 2.03. The smallest absolute Gasteiger partial charge is 0.233 e. The first-order valence-corrected chi connectivity index (χ1v) is 7.76. The Kier molecular flexibility index (Phi) is 4.06. The summed E-state index contributed by atoms with van der Waals surface area (Å²) >= 11 is 1.55. The summed E-state index contributed by atoms with van der Waals surface area (Å²) in [5.41, 5.74) is 1.07. The Morgan fingerprint density at radius 1 is 1.25 bits per heavy atom. The molecule has 1 saturated heterocycles. The number of carbonyl (C=O) groups is 1. The lowest BCUT2D eigenvalue weighted by molar-refractivity contribution is -0.120. The van der Waals surface area contributed by atoms with Crippen LogP contribution >= 0.6 is 11.8 Å². The fourth-order valence-electron chi connectivity index (χ4n) is 2.31. The van der Waals surface area contributed by atoms with Crippen molar-refractivity contribution in [3.63, 3.8) is 0 Å². The van der Waals surface area contributed by atoms with Crippen LogP contribution in [0.2, 0.25) is 0 Å². The van der Waals surface area contributed by atoms with Crippen LogP contribution in [0.5, 0.6) is 0 Å². The number of nitrogens with one attached hydrogen (secondary N) is 1. The molecule has 0 aliphatic carbocycles. The van der Waals surface area contributed by atoms with Crippen LogP contribution in [-0.4, -0.2) is 27.3 Å². The second kappa shape index (κ2) is 6.13. The number of imidazole rings is 1. The van der Waals surface area contributed by atoms with E-state index >= 15 is 0 Å². The molecule has 1 aromatic heterocycles. The van der Waals surface area contributed by atoms with Gasteiger partial charge in [-0.1, -0.05) is 36.4 Å². The van der Waals surface area contributed by atoms with Crippen LogP contribution in [0.1, 0.15) is 19.3 Å². The Morgan fingerprint density at radius 3 is 2.95 bits per heavy atom. The van der Waals surface area contributed by atoms with Crippen molar-refractivity contribution in [2.75, 3.05) is 6.54 Å². The molecule has 2 heterocycles. The van der Waals surface area contributed by atoms with E-state index in [0.29, 0.717) is 0 Å². The molecule has 1 N–H and O–H groups in total. The van der Waals surface area contributed by atoms with Crippen LogP contribution in [-0.2, 0) is 4.79 Å². The molecule has 3 rings (SSSR count). The van der Waals surface area contributed by atoms with E-state index in [2.05, 4.69) is 10.3 Å². The van der Waals surface area contributed by atoms with Crippen molar-refractivity contribution in [2.45, 2.75) is 29.7 Å². The van der Waals surface area contributed by atoms with Crippen LogP contribution in [0.15, 0.2) is 47.9 Å². The van der Waals surface area contributed by atoms with Crippen molar-refractivity contribution >= 4 is 17.7 Å². The van der Waals surface area contributed by atoms with E-state index in [0.717, 1.165) is 36.7 Å². The summed E-state index contributed by atoms with van der Waals surface area (Å²) in [6.07, 6.45) is 6.78. The fraction of sp³-hybridized carbons (Fsp3) is 0.333. The molecule has 0 radical (unpaired) electrons. The maximum atomic E-state index is 12.0. The Morgan fingerprint density at radius 2 is 2.10 bits per heavy atom. The molecule has 0 spiro atoms. The third kappa shape index (κ3) is 2.88. The molecule has 1 fully saturated rings. The highest BCUT2D eigenvalue weighted by molar-refractivity contribution is 8.00. The fourth-order valence-corrected chi connectivity index (χ4v) is 3.44. The van der Waals surface area contributed by atoms with Crippen LogP contribution in [0.3, 0.4) is 0 Å². The second-order valence-corrected chi connectivity index (χ2v) is 5.98. The third-order valence-corrected chi connectivity index (χ3v) is 4.62. The Labute approximate surface area is 122 Å². The molecule has 104 valence electrons. The zero-order valence-corrected chi connectivity index (χ0v) is 12.0. The van der Waals surface area contributed by atoms with Gasteiger partial charge in [0, 0.05) is 24.6 Å². The van der Waals surface area contributed by atoms with E-state index in [1.165, 1.54) is 0 Å². The van der Waals surface area contributed by atoms with Crippen molar-refractivity contribution < 1.29 is 4.79 Å². The molecule has 1 amide bonds. The number of hydrogen-bond donors (Lipinski definition) is 1. The zero-order chi connectivity index (χ0) is 13.8. The van der Waals surface area contributed by atoms with E-state index in [4.69, 9.17) is 0 Å². The van der Waals surface area contributed by atoms with Crippen molar-refractivity contribution in [2.24, 2.45) is 0 Å². The minimum absolute atomic E-state index is 0.0395. The molecule has 1 aromatic carbocycles. The summed E-state index contributed by atoms with van der Waals surface area (Å²) in [4.78, 5) is 16.4. The summed E-state index contributed by atoms with van der Waals surface area (Å²) in [7, 11) is 0. The number of para-hydroxylation sites is 1. The number of aromatic nitrogens is 2. The van der Waals surface area contributed by atoms with Gasteiger partial charge in [-0.05, 0) is 25.0 Å². The Hall–Kier alpha value is -1.75. The highest BCUT2D eigenvalue weighted by Crippen LogP contribution is 2.28. The van der Waals surface area contributed by atoms with E-state index < -0.39 is 0 Å². The third-order valence-electron chi connectivity index (χ3n) is 3.37. The molecular weight excluding hydrogens is 270 g/mol. The molecule has 0 bridgehead atoms. The van der Waals surface area contributed by atoms with Gasteiger partial charge in [0.25, 0.3) is 0 Å². The molecule has 2 aromatic rings. The van der Waals surface area contributed by atoms with Crippen LogP contribution < -0.4 is 5.32 Å². The van der Waals surface area contributed by atoms with Gasteiger partial charge in [0.15, 0.2) is 5.16 Å². The van der Waals surface area contributed by atoms with E-state index in [-0.39, 0.29) is 11.2 Å². The van der Waals surface area contributed by atoms with Crippen molar-refractivity contribution in [3.8, 4) is 5.69 Å². The quantitative estimate of drug-likeness (QED) is 0.944. The Balaban J connectivity index is 1.81. The van der Waals surface area contributed by atoms with Crippen molar-refractivity contribution in [1.82, 2.24) is 14.9 Å². The van der Waals surface area contributed by atoms with Crippen molar-refractivity contribution in [3.05, 3.63) is 42.7 Å². The molecule has 4 nitrogen and oxygen atoms in total. The van der Waals surface area contributed by atoms with Gasteiger partial charge in [0.05, 0.1) is 5.25 Å². The average Bonchev–Trinajstić information content (AvgIpc) is 2.85. The molecule has 0 unspecified atom stereocenters. The number of nitrogens with zero attached hydrogens (tertiary/aromatic N) is 2. The number of benzene rings is 1. The van der Waals surface area contributed by atoms with Gasteiger partial charge < -0.3 is 5.32 Å². The standard InChI is InChI=1S/C15H17N3OS/c19-14-13(8-4-5-9-16-14)20-15-17-10-11-18(15)12-6-2-1-3-7-12/h1-3,6-7,10-11,13H,4-5,8-9H2,(H,16,19)/t13-/m0/s1. The Bertz CT molecular complexity index is 582. The minimum Gasteiger partial charge on any atom is -0.355 e. The van der Waals surface area contributed by atoms with E-state index in [1.54, 1.807) is 18.0 Å². The highest BCUT2D eigenvalue weighted by Gasteiger charge is 2.23. The molecular formula is C15H17N3OS. The lowest BCUT2D eigenvalue weighted by Crippen LogP contribution is -2.30. The number of carbonyl (C=O) groups excluding carboxylic acids is 1. The molecule has 20 heavy (non-hydrogen) atoms. The van der Waals surface area contributed by atoms with E-state index in [9.17, 15) is 4.79 Å². The SMILES string of the molecule is O=C1NCCCC[C@@H]1Sc1nccn1-c1ccccc1.